The van der Waals surface area contributed by atoms with Crippen LogP contribution in [0.2, 0.25) is 0 Å². The van der Waals surface area contributed by atoms with Crippen molar-refractivity contribution < 1.29 is 14.6 Å². The molecule has 5 aromatic rings. The van der Waals surface area contributed by atoms with Gasteiger partial charge in [0.15, 0.2) is 0 Å². The minimum absolute atomic E-state index is 0.00123. The molecule has 0 aliphatic rings. The first-order chi connectivity index (χ1) is 19.8. The molecule has 0 saturated heterocycles. The maximum atomic E-state index is 13.2. The van der Waals surface area contributed by atoms with E-state index < -0.39 is 5.60 Å². The Labute approximate surface area is 250 Å². The van der Waals surface area contributed by atoms with Crippen LogP contribution in [0.5, 0.6) is 11.5 Å². The second kappa shape index (κ2) is 11.0. The fraction of sp³-hybridized carbons (Fsp3) is 0.282. The van der Waals surface area contributed by atoms with Gasteiger partial charge in [0.05, 0.1) is 14.2 Å². The Morgan fingerprint density at radius 2 is 0.929 bits per heavy atom. The molecule has 3 nitrogen and oxygen atoms in total. The van der Waals surface area contributed by atoms with Crippen LogP contribution in [0.4, 0.5) is 0 Å². The predicted molar refractivity (Wildman–Crippen MR) is 175 cm³/mol. The average Bonchev–Trinajstić information content (AvgIpc) is 2.99. The summed E-state index contributed by atoms with van der Waals surface area (Å²) in [5.41, 5.74) is 5.40. The smallest absolute Gasteiger partial charge is 0.141 e. The van der Waals surface area contributed by atoms with Gasteiger partial charge >= 0.3 is 0 Å². The maximum absolute atomic E-state index is 13.2. The topological polar surface area (TPSA) is 38.7 Å². The van der Waals surface area contributed by atoms with Crippen LogP contribution in [-0.4, -0.2) is 19.3 Å². The van der Waals surface area contributed by atoms with Gasteiger partial charge in [0.1, 0.15) is 17.1 Å². The summed E-state index contributed by atoms with van der Waals surface area (Å²) in [5.74, 6) is 1.56. The highest BCUT2D eigenvalue weighted by molar-refractivity contribution is 5.91. The third-order valence-electron chi connectivity index (χ3n) is 8.31. The van der Waals surface area contributed by atoms with E-state index in [1.165, 1.54) is 11.1 Å². The van der Waals surface area contributed by atoms with Crippen molar-refractivity contribution in [3.05, 3.63) is 131 Å². The molecule has 3 heteroatoms. The highest BCUT2D eigenvalue weighted by Crippen LogP contribution is 2.45. The zero-order valence-electron chi connectivity index (χ0n) is 26.1. The lowest BCUT2D eigenvalue weighted by Gasteiger charge is -2.34. The molecule has 216 valence electrons. The average molecular weight is 559 g/mol. The third kappa shape index (κ3) is 5.54. The molecule has 1 N–H and O–H groups in total. The molecule has 5 aromatic carbocycles. The minimum Gasteiger partial charge on any atom is -0.497 e. The zero-order chi connectivity index (χ0) is 30.3. The highest BCUT2D eigenvalue weighted by Gasteiger charge is 2.37. The molecule has 0 heterocycles. The number of aliphatic hydroxyl groups is 1. The SMILES string of the molecule is COc1ccc(-c2cc3ccc(OC)cc3cc2C(O)(c2ccc(C(C)(C)C)cc2)c2ccc(C(C)(C)C)cc2)cc1. The van der Waals surface area contributed by atoms with Gasteiger partial charge in [0.2, 0.25) is 0 Å². The summed E-state index contributed by atoms with van der Waals surface area (Å²) in [5, 5.41) is 15.3. The summed E-state index contributed by atoms with van der Waals surface area (Å²) in [6, 6.07) is 35.3. The van der Waals surface area contributed by atoms with Gasteiger partial charge in [0, 0.05) is 5.56 Å². The van der Waals surface area contributed by atoms with Gasteiger partial charge in [-0.2, -0.15) is 0 Å². The largest absolute Gasteiger partial charge is 0.497 e. The lowest BCUT2D eigenvalue weighted by molar-refractivity contribution is 0.126. The molecule has 0 aliphatic carbocycles. The number of fused-ring (bicyclic) bond motifs is 1. The van der Waals surface area contributed by atoms with Crippen LogP contribution < -0.4 is 9.47 Å². The van der Waals surface area contributed by atoms with E-state index in [1.54, 1.807) is 14.2 Å². The van der Waals surface area contributed by atoms with Gasteiger partial charge < -0.3 is 14.6 Å². The molecule has 0 radical (unpaired) electrons. The van der Waals surface area contributed by atoms with Crippen molar-refractivity contribution in [2.24, 2.45) is 0 Å². The second-order valence-electron chi connectivity index (χ2n) is 13.2. The van der Waals surface area contributed by atoms with Crippen molar-refractivity contribution in [1.82, 2.24) is 0 Å². The number of benzene rings is 5. The fourth-order valence-electron chi connectivity index (χ4n) is 5.61. The van der Waals surface area contributed by atoms with Gasteiger partial charge in [-0.1, -0.05) is 108 Å². The summed E-state index contributed by atoms with van der Waals surface area (Å²) < 4.78 is 11.0. The van der Waals surface area contributed by atoms with Gasteiger partial charge in [-0.05, 0) is 91.4 Å². The molecule has 0 bridgehead atoms. The van der Waals surface area contributed by atoms with E-state index in [1.807, 2.05) is 24.3 Å². The molecule has 42 heavy (non-hydrogen) atoms. The number of methoxy groups -OCH3 is 2. The molecule has 0 atom stereocenters. The summed E-state index contributed by atoms with van der Waals surface area (Å²) >= 11 is 0. The summed E-state index contributed by atoms with van der Waals surface area (Å²) in [6.45, 7) is 13.2. The summed E-state index contributed by atoms with van der Waals surface area (Å²) in [6.07, 6.45) is 0. The number of hydrogen-bond acceptors (Lipinski definition) is 3. The van der Waals surface area contributed by atoms with E-state index in [2.05, 4.69) is 120 Å². The number of ether oxygens (including phenoxy) is 2. The Hall–Kier alpha value is -4.08. The second-order valence-corrected chi connectivity index (χ2v) is 13.2. The Balaban J connectivity index is 1.84. The van der Waals surface area contributed by atoms with E-state index in [4.69, 9.17) is 9.47 Å². The Morgan fingerprint density at radius 3 is 1.38 bits per heavy atom. The zero-order valence-corrected chi connectivity index (χ0v) is 26.1. The number of rotatable bonds is 6. The van der Waals surface area contributed by atoms with E-state index in [-0.39, 0.29) is 10.8 Å². The van der Waals surface area contributed by atoms with Crippen molar-refractivity contribution in [1.29, 1.82) is 0 Å². The first-order valence-electron chi connectivity index (χ1n) is 14.6. The number of hydrogen-bond donors (Lipinski definition) is 1. The summed E-state index contributed by atoms with van der Waals surface area (Å²) in [7, 11) is 3.35. The monoisotopic (exact) mass is 558 g/mol. The lowest BCUT2D eigenvalue weighted by atomic mass is 9.74. The molecule has 0 spiro atoms. The molecule has 0 saturated carbocycles. The first kappa shape index (κ1) is 29.4. The minimum atomic E-state index is -1.43. The van der Waals surface area contributed by atoms with Crippen LogP contribution >= 0.6 is 0 Å². The molecule has 0 aromatic heterocycles. The van der Waals surface area contributed by atoms with Crippen molar-refractivity contribution in [3.8, 4) is 22.6 Å². The fourth-order valence-corrected chi connectivity index (χ4v) is 5.61. The normalized spacial score (nSPS) is 12.4. The first-order valence-corrected chi connectivity index (χ1v) is 14.6. The molecule has 0 fully saturated rings. The maximum Gasteiger partial charge on any atom is 0.141 e. The quantitative estimate of drug-likeness (QED) is 0.211. The molecule has 5 rings (SSSR count). The van der Waals surface area contributed by atoms with Crippen molar-refractivity contribution in [2.75, 3.05) is 14.2 Å². The molecule has 0 aliphatic heterocycles. The van der Waals surface area contributed by atoms with Crippen LogP contribution in [0.1, 0.15) is 69.4 Å². The van der Waals surface area contributed by atoms with Crippen molar-refractivity contribution >= 4 is 10.8 Å². The van der Waals surface area contributed by atoms with Crippen LogP contribution in [0, 0.1) is 0 Å². The molecular weight excluding hydrogens is 516 g/mol. The van der Waals surface area contributed by atoms with Crippen LogP contribution in [0.3, 0.4) is 0 Å². The van der Waals surface area contributed by atoms with Gasteiger partial charge in [-0.15, -0.1) is 0 Å². The highest BCUT2D eigenvalue weighted by atomic mass is 16.5. The third-order valence-corrected chi connectivity index (χ3v) is 8.31. The Morgan fingerprint density at radius 1 is 0.476 bits per heavy atom. The standard InChI is InChI=1S/C39H42O3/c1-37(2,3)29-12-16-31(17-13-29)39(40,32-18-14-30(15-19-32)38(4,5)6)36-25-28-23-34(42-8)22-11-27(28)24-35(36)26-9-20-33(41-7)21-10-26/h9-25,40H,1-8H3. The van der Waals surface area contributed by atoms with E-state index >= 15 is 0 Å². The van der Waals surface area contributed by atoms with Gasteiger partial charge in [-0.25, -0.2) is 0 Å². The van der Waals surface area contributed by atoms with E-state index in [9.17, 15) is 5.11 Å². The van der Waals surface area contributed by atoms with Gasteiger partial charge in [-0.3, -0.25) is 0 Å². The Kier molecular flexibility index (Phi) is 7.68. The summed E-state index contributed by atoms with van der Waals surface area (Å²) in [4.78, 5) is 0. The molecule has 0 unspecified atom stereocenters. The van der Waals surface area contributed by atoms with Crippen LogP contribution in [0.15, 0.2) is 103 Å². The van der Waals surface area contributed by atoms with E-state index in [0.717, 1.165) is 50.1 Å². The van der Waals surface area contributed by atoms with E-state index in [0.29, 0.717) is 0 Å². The van der Waals surface area contributed by atoms with Crippen LogP contribution in [-0.2, 0) is 16.4 Å². The molecular formula is C39H42O3. The van der Waals surface area contributed by atoms with Gasteiger partial charge in [0.25, 0.3) is 0 Å². The lowest BCUT2D eigenvalue weighted by Crippen LogP contribution is -2.30. The predicted octanol–water partition coefficient (Wildman–Crippen LogP) is 9.40. The van der Waals surface area contributed by atoms with Crippen LogP contribution in [0.25, 0.3) is 21.9 Å². The van der Waals surface area contributed by atoms with Crippen molar-refractivity contribution in [3.63, 3.8) is 0 Å². The molecule has 0 amide bonds. The van der Waals surface area contributed by atoms with Crippen molar-refractivity contribution in [2.45, 2.75) is 58.0 Å². The Bertz CT molecular complexity index is 1620.